The number of aliphatic hydroxyl groups is 1. The Morgan fingerprint density at radius 1 is 1.56 bits per heavy atom. The first kappa shape index (κ1) is 11.3. The van der Waals surface area contributed by atoms with E-state index in [-0.39, 0.29) is 17.6 Å². The standard InChI is InChI=1S/C10H12FN5O2/c1-4-5(17)2-6(18-4)16-3-13-7-8(12)14-10(11)15-9(7)16/h3-6,17H,2H2,1H3,(H2,12,14,15)/t4-,5?,6-/m1/s1. The second-order valence-electron chi connectivity index (χ2n) is 4.30. The zero-order valence-corrected chi connectivity index (χ0v) is 9.62. The molecule has 1 saturated heterocycles. The van der Waals surface area contributed by atoms with Gasteiger partial charge in [0.2, 0.25) is 0 Å². The van der Waals surface area contributed by atoms with Gasteiger partial charge in [0.1, 0.15) is 6.23 Å². The minimum Gasteiger partial charge on any atom is -0.390 e. The molecule has 3 N–H and O–H groups in total. The molecule has 3 rings (SSSR count). The number of hydrogen-bond acceptors (Lipinski definition) is 6. The van der Waals surface area contributed by atoms with Crippen molar-refractivity contribution < 1.29 is 14.2 Å². The number of anilines is 1. The van der Waals surface area contributed by atoms with E-state index in [1.807, 2.05) is 0 Å². The van der Waals surface area contributed by atoms with Crippen LogP contribution in [-0.4, -0.2) is 36.8 Å². The van der Waals surface area contributed by atoms with Gasteiger partial charge in [-0.3, -0.25) is 4.57 Å². The number of imidazole rings is 1. The SMILES string of the molecule is C[C@H]1O[C@@H](n2cnc3c(N)nc(F)nc32)CC1O. The normalized spacial score (nSPS) is 28.1. The first-order valence-electron chi connectivity index (χ1n) is 5.55. The maximum Gasteiger partial charge on any atom is 0.312 e. The summed E-state index contributed by atoms with van der Waals surface area (Å²) in [5.41, 5.74) is 6.16. The highest BCUT2D eigenvalue weighted by molar-refractivity contribution is 5.81. The van der Waals surface area contributed by atoms with Gasteiger partial charge in [0.05, 0.1) is 18.5 Å². The van der Waals surface area contributed by atoms with E-state index in [1.54, 1.807) is 11.5 Å². The molecule has 0 amide bonds. The largest absolute Gasteiger partial charge is 0.390 e. The van der Waals surface area contributed by atoms with Crippen LogP contribution < -0.4 is 5.73 Å². The first-order chi connectivity index (χ1) is 8.56. The summed E-state index contributed by atoms with van der Waals surface area (Å²) in [6, 6.07) is 0. The summed E-state index contributed by atoms with van der Waals surface area (Å²) < 4.78 is 20.3. The van der Waals surface area contributed by atoms with Crippen LogP contribution in [0.25, 0.3) is 11.2 Å². The molecule has 96 valence electrons. The molecule has 1 fully saturated rings. The van der Waals surface area contributed by atoms with Crippen molar-refractivity contribution in [2.75, 3.05) is 5.73 Å². The van der Waals surface area contributed by atoms with Crippen LogP contribution in [0, 0.1) is 6.08 Å². The Labute approximate surface area is 101 Å². The zero-order chi connectivity index (χ0) is 12.9. The molecule has 1 aliphatic heterocycles. The van der Waals surface area contributed by atoms with E-state index in [9.17, 15) is 9.50 Å². The third-order valence-electron chi connectivity index (χ3n) is 3.09. The summed E-state index contributed by atoms with van der Waals surface area (Å²) in [7, 11) is 0. The third-order valence-corrected chi connectivity index (χ3v) is 3.09. The summed E-state index contributed by atoms with van der Waals surface area (Å²) in [6.07, 6.45) is -0.307. The van der Waals surface area contributed by atoms with Crippen molar-refractivity contribution in [2.24, 2.45) is 0 Å². The van der Waals surface area contributed by atoms with Crippen molar-refractivity contribution >= 4 is 17.0 Å². The molecule has 0 aliphatic carbocycles. The maximum absolute atomic E-state index is 13.2. The van der Waals surface area contributed by atoms with Crippen LogP contribution in [-0.2, 0) is 4.74 Å². The Morgan fingerprint density at radius 3 is 3.00 bits per heavy atom. The Bertz CT molecular complexity index is 591. The zero-order valence-electron chi connectivity index (χ0n) is 9.62. The van der Waals surface area contributed by atoms with E-state index in [2.05, 4.69) is 15.0 Å². The molecule has 0 saturated carbocycles. The van der Waals surface area contributed by atoms with Crippen LogP contribution in [0.3, 0.4) is 0 Å². The number of nitrogens with two attached hydrogens (primary N) is 1. The highest BCUT2D eigenvalue weighted by Crippen LogP contribution is 2.31. The van der Waals surface area contributed by atoms with E-state index < -0.39 is 18.4 Å². The molecule has 3 heterocycles. The van der Waals surface area contributed by atoms with Crippen molar-refractivity contribution in [1.82, 2.24) is 19.5 Å². The van der Waals surface area contributed by atoms with Gasteiger partial charge in [0.25, 0.3) is 0 Å². The second-order valence-corrected chi connectivity index (χ2v) is 4.30. The lowest BCUT2D eigenvalue weighted by Crippen LogP contribution is -2.15. The van der Waals surface area contributed by atoms with Gasteiger partial charge < -0.3 is 15.6 Å². The van der Waals surface area contributed by atoms with E-state index >= 15 is 0 Å². The van der Waals surface area contributed by atoms with E-state index in [0.717, 1.165) is 0 Å². The Balaban J connectivity index is 2.08. The van der Waals surface area contributed by atoms with E-state index in [0.29, 0.717) is 11.9 Å². The summed E-state index contributed by atoms with van der Waals surface area (Å²) in [6.45, 7) is 1.77. The van der Waals surface area contributed by atoms with Crippen LogP contribution in [0.2, 0.25) is 0 Å². The molecule has 3 atom stereocenters. The third kappa shape index (κ3) is 1.61. The quantitative estimate of drug-likeness (QED) is 0.705. The van der Waals surface area contributed by atoms with Crippen molar-refractivity contribution in [3.8, 4) is 0 Å². The average Bonchev–Trinajstić information content (AvgIpc) is 2.83. The number of ether oxygens (including phenoxy) is 1. The molecule has 1 aliphatic rings. The lowest BCUT2D eigenvalue weighted by Gasteiger charge is -2.12. The number of fused-ring (bicyclic) bond motifs is 1. The number of aromatic nitrogens is 4. The molecule has 0 spiro atoms. The molecule has 8 heteroatoms. The van der Waals surface area contributed by atoms with Gasteiger partial charge in [-0.2, -0.15) is 14.4 Å². The molecular weight excluding hydrogens is 241 g/mol. The van der Waals surface area contributed by atoms with E-state index in [1.165, 1.54) is 6.33 Å². The van der Waals surface area contributed by atoms with Crippen molar-refractivity contribution in [3.63, 3.8) is 0 Å². The van der Waals surface area contributed by atoms with Gasteiger partial charge in [-0.1, -0.05) is 0 Å². The van der Waals surface area contributed by atoms with Crippen LogP contribution in [0.15, 0.2) is 6.33 Å². The lowest BCUT2D eigenvalue weighted by atomic mass is 10.2. The smallest absolute Gasteiger partial charge is 0.312 e. The van der Waals surface area contributed by atoms with Crippen molar-refractivity contribution in [2.45, 2.75) is 31.8 Å². The van der Waals surface area contributed by atoms with Crippen LogP contribution >= 0.6 is 0 Å². The number of nitrogens with zero attached hydrogens (tertiary/aromatic N) is 4. The van der Waals surface area contributed by atoms with Crippen LogP contribution in [0.1, 0.15) is 19.6 Å². The Hall–Kier alpha value is -1.80. The Kier molecular flexibility index (Phi) is 2.42. The number of nitrogen functional groups attached to an aromatic ring is 1. The number of hydrogen-bond donors (Lipinski definition) is 2. The molecule has 0 bridgehead atoms. The lowest BCUT2D eigenvalue weighted by molar-refractivity contribution is -0.00636. The molecule has 0 radical (unpaired) electrons. The Morgan fingerprint density at radius 2 is 2.33 bits per heavy atom. The van der Waals surface area contributed by atoms with Gasteiger partial charge in [-0.25, -0.2) is 4.98 Å². The fourth-order valence-electron chi connectivity index (χ4n) is 2.09. The summed E-state index contributed by atoms with van der Waals surface area (Å²) in [4.78, 5) is 11.1. The second kappa shape index (κ2) is 3.85. The summed E-state index contributed by atoms with van der Waals surface area (Å²) in [5, 5.41) is 9.66. The first-order valence-corrected chi connectivity index (χ1v) is 5.55. The predicted molar refractivity (Wildman–Crippen MR) is 59.9 cm³/mol. The fourth-order valence-corrected chi connectivity index (χ4v) is 2.09. The van der Waals surface area contributed by atoms with Crippen LogP contribution in [0.4, 0.5) is 10.2 Å². The van der Waals surface area contributed by atoms with Gasteiger partial charge in [-0.15, -0.1) is 0 Å². The van der Waals surface area contributed by atoms with E-state index in [4.69, 9.17) is 10.5 Å². The molecule has 18 heavy (non-hydrogen) atoms. The number of aliphatic hydroxyl groups excluding tert-OH is 1. The highest BCUT2D eigenvalue weighted by Gasteiger charge is 2.33. The van der Waals surface area contributed by atoms with Crippen molar-refractivity contribution in [3.05, 3.63) is 12.4 Å². The number of halogens is 1. The van der Waals surface area contributed by atoms with Gasteiger partial charge >= 0.3 is 6.08 Å². The molecule has 2 aromatic rings. The number of rotatable bonds is 1. The topological polar surface area (TPSA) is 99.1 Å². The van der Waals surface area contributed by atoms with Gasteiger partial charge in [0.15, 0.2) is 17.0 Å². The monoisotopic (exact) mass is 253 g/mol. The predicted octanol–water partition coefficient (Wildman–Crippen LogP) is 0.216. The van der Waals surface area contributed by atoms with Gasteiger partial charge in [0, 0.05) is 6.42 Å². The molecule has 1 unspecified atom stereocenters. The molecule has 2 aromatic heterocycles. The van der Waals surface area contributed by atoms with Crippen molar-refractivity contribution in [1.29, 1.82) is 0 Å². The fraction of sp³-hybridized carbons (Fsp3) is 0.500. The molecule has 0 aromatic carbocycles. The molecule has 7 nitrogen and oxygen atoms in total. The summed E-state index contributed by atoms with van der Waals surface area (Å²) in [5.74, 6) is -0.0113. The van der Waals surface area contributed by atoms with Gasteiger partial charge in [-0.05, 0) is 6.92 Å². The van der Waals surface area contributed by atoms with Crippen LogP contribution in [0.5, 0.6) is 0 Å². The molecular formula is C10H12FN5O2. The minimum atomic E-state index is -0.909. The summed E-state index contributed by atoms with van der Waals surface area (Å²) >= 11 is 0. The highest BCUT2D eigenvalue weighted by atomic mass is 19.1. The maximum atomic E-state index is 13.2. The average molecular weight is 253 g/mol. The minimum absolute atomic E-state index is 0.0113.